The molecule has 9 heavy (non-hydrogen) atoms. The molecule has 0 aromatic carbocycles. The third-order valence-electron chi connectivity index (χ3n) is 1.22. The summed E-state index contributed by atoms with van der Waals surface area (Å²) in [6.45, 7) is 1.97. The van der Waals surface area contributed by atoms with Crippen LogP contribution in [0.2, 0.25) is 0 Å². The first-order valence-electron chi connectivity index (χ1n) is 2.91. The standard InChI is InChI=1S/C5H9N3O/c1-3-4-6-5(9)8(2)7-4/h3H2,1-2H3,(H,6,7,9)/p+1. The van der Waals surface area contributed by atoms with Crippen molar-refractivity contribution in [2.45, 2.75) is 13.3 Å². The Kier molecular flexibility index (Phi) is 1.38. The summed E-state index contributed by atoms with van der Waals surface area (Å²) in [6, 6.07) is 0. The number of aromatic amines is 2. The van der Waals surface area contributed by atoms with Crippen LogP contribution in [0.5, 0.6) is 0 Å². The van der Waals surface area contributed by atoms with E-state index in [1.54, 1.807) is 7.05 Å². The van der Waals surface area contributed by atoms with Gasteiger partial charge < -0.3 is 0 Å². The van der Waals surface area contributed by atoms with Crippen molar-refractivity contribution in [1.82, 2.24) is 9.67 Å². The Morgan fingerprint density at radius 2 is 2.44 bits per heavy atom. The van der Waals surface area contributed by atoms with Gasteiger partial charge in [-0.3, -0.25) is 0 Å². The van der Waals surface area contributed by atoms with Gasteiger partial charge in [-0.15, -0.1) is 4.68 Å². The van der Waals surface area contributed by atoms with Crippen molar-refractivity contribution in [2.75, 3.05) is 0 Å². The predicted octanol–water partition coefficient (Wildman–Crippen LogP) is -0.910. The van der Waals surface area contributed by atoms with Gasteiger partial charge in [-0.2, -0.15) is 10.1 Å². The molecule has 0 spiro atoms. The smallest absolute Gasteiger partial charge is 0.217 e. The summed E-state index contributed by atoms with van der Waals surface area (Å²) >= 11 is 0. The molecule has 1 heterocycles. The molecule has 0 radical (unpaired) electrons. The number of nitrogens with one attached hydrogen (secondary N) is 2. The summed E-state index contributed by atoms with van der Waals surface area (Å²) in [4.78, 5) is 13.3. The summed E-state index contributed by atoms with van der Waals surface area (Å²) in [7, 11) is 1.68. The van der Waals surface area contributed by atoms with Gasteiger partial charge in [0.15, 0.2) is 0 Å². The van der Waals surface area contributed by atoms with E-state index in [4.69, 9.17) is 0 Å². The lowest BCUT2D eigenvalue weighted by atomic mass is 10.5. The molecule has 0 unspecified atom stereocenters. The lowest BCUT2D eigenvalue weighted by Gasteiger charge is -1.74. The number of aromatic nitrogens is 3. The van der Waals surface area contributed by atoms with Crippen LogP contribution in [-0.4, -0.2) is 9.67 Å². The first kappa shape index (κ1) is 6.07. The first-order chi connectivity index (χ1) is 4.24. The van der Waals surface area contributed by atoms with Gasteiger partial charge >= 0.3 is 5.69 Å². The van der Waals surface area contributed by atoms with Crippen LogP contribution in [0.4, 0.5) is 0 Å². The van der Waals surface area contributed by atoms with E-state index in [0.717, 1.165) is 12.2 Å². The van der Waals surface area contributed by atoms with Gasteiger partial charge in [0, 0.05) is 6.42 Å². The molecule has 0 atom stereocenters. The molecule has 4 heteroatoms. The van der Waals surface area contributed by atoms with Crippen molar-refractivity contribution in [3.8, 4) is 0 Å². The highest BCUT2D eigenvalue weighted by molar-refractivity contribution is 4.69. The molecular formula is C5H10N3O+. The van der Waals surface area contributed by atoms with Crippen LogP contribution in [-0.2, 0) is 13.5 Å². The number of hydrogen-bond donors (Lipinski definition) is 1. The summed E-state index contributed by atoms with van der Waals surface area (Å²) in [5, 5.41) is 2.84. The van der Waals surface area contributed by atoms with Crippen LogP contribution >= 0.6 is 0 Å². The van der Waals surface area contributed by atoms with Crippen LogP contribution in [0.1, 0.15) is 12.7 Å². The van der Waals surface area contributed by atoms with E-state index in [1.807, 2.05) is 6.92 Å². The summed E-state index contributed by atoms with van der Waals surface area (Å²) in [5.74, 6) is 0.863. The van der Waals surface area contributed by atoms with E-state index < -0.39 is 0 Å². The minimum Gasteiger partial charge on any atom is -0.217 e. The highest BCUT2D eigenvalue weighted by atomic mass is 16.1. The van der Waals surface area contributed by atoms with Crippen molar-refractivity contribution < 1.29 is 5.10 Å². The van der Waals surface area contributed by atoms with Crippen LogP contribution < -0.4 is 10.8 Å². The maximum atomic E-state index is 10.7. The Morgan fingerprint density at radius 1 is 1.78 bits per heavy atom. The molecule has 50 valence electrons. The zero-order valence-corrected chi connectivity index (χ0v) is 5.56. The Balaban J connectivity index is 3.13. The second kappa shape index (κ2) is 2.05. The highest BCUT2D eigenvalue weighted by Crippen LogP contribution is 1.75. The second-order valence-electron chi connectivity index (χ2n) is 1.93. The zero-order valence-electron chi connectivity index (χ0n) is 5.56. The molecular weight excluding hydrogens is 118 g/mol. The summed E-state index contributed by atoms with van der Waals surface area (Å²) < 4.78 is 1.42. The van der Waals surface area contributed by atoms with Gasteiger partial charge in [0.1, 0.15) is 0 Å². The minimum atomic E-state index is -0.0909. The van der Waals surface area contributed by atoms with Crippen LogP contribution in [0.3, 0.4) is 0 Å². The Hall–Kier alpha value is -1.06. The molecule has 0 fully saturated rings. The van der Waals surface area contributed by atoms with Crippen molar-refractivity contribution in [1.29, 1.82) is 0 Å². The Morgan fingerprint density at radius 3 is 2.67 bits per heavy atom. The van der Waals surface area contributed by atoms with Crippen LogP contribution in [0, 0.1) is 0 Å². The van der Waals surface area contributed by atoms with Gasteiger partial charge in [0.2, 0.25) is 0 Å². The maximum absolute atomic E-state index is 10.7. The molecule has 1 aromatic heterocycles. The molecule has 0 aliphatic carbocycles. The van der Waals surface area contributed by atoms with Crippen molar-refractivity contribution in [2.24, 2.45) is 7.05 Å². The minimum absolute atomic E-state index is 0.0909. The maximum Gasteiger partial charge on any atom is 0.443 e. The van der Waals surface area contributed by atoms with E-state index in [0.29, 0.717) is 0 Å². The third-order valence-corrected chi connectivity index (χ3v) is 1.22. The average Bonchev–Trinajstić information content (AvgIpc) is 2.13. The van der Waals surface area contributed by atoms with E-state index in [1.165, 1.54) is 4.68 Å². The lowest BCUT2D eigenvalue weighted by molar-refractivity contribution is -0.497. The summed E-state index contributed by atoms with van der Waals surface area (Å²) in [5.41, 5.74) is -0.0909. The molecule has 2 N–H and O–H groups in total. The molecule has 0 aliphatic rings. The fourth-order valence-corrected chi connectivity index (χ4v) is 0.662. The molecule has 1 aromatic rings. The van der Waals surface area contributed by atoms with E-state index in [2.05, 4.69) is 10.1 Å². The lowest BCUT2D eigenvalue weighted by Crippen LogP contribution is -2.25. The monoisotopic (exact) mass is 128 g/mol. The van der Waals surface area contributed by atoms with E-state index in [-0.39, 0.29) is 5.69 Å². The number of H-pyrrole nitrogens is 2. The SMILES string of the molecule is CCc1[nH]c(=O)n(C)[nH+]1. The second-order valence-corrected chi connectivity index (χ2v) is 1.93. The molecule has 0 saturated carbocycles. The number of hydrogen-bond acceptors (Lipinski definition) is 1. The number of aryl methyl sites for hydroxylation is 2. The predicted molar refractivity (Wildman–Crippen MR) is 32.0 cm³/mol. The van der Waals surface area contributed by atoms with E-state index in [9.17, 15) is 4.79 Å². The fraction of sp³-hybridized carbons (Fsp3) is 0.600. The molecule has 0 bridgehead atoms. The van der Waals surface area contributed by atoms with Gasteiger partial charge in [-0.05, 0) is 0 Å². The largest absolute Gasteiger partial charge is 0.443 e. The van der Waals surface area contributed by atoms with Gasteiger partial charge in [-0.25, -0.2) is 4.79 Å². The first-order valence-corrected chi connectivity index (χ1v) is 2.91. The average molecular weight is 128 g/mol. The van der Waals surface area contributed by atoms with Crippen molar-refractivity contribution in [3.05, 3.63) is 16.3 Å². The van der Waals surface area contributed by atoms with Crippen molar-refractivity contribution >= 4 is 0 Å². The molecule has 1 rings (SSSR count). The Labute approximate surface area is 52.5 Å². The molecule has 0 aliphatic heterocycles. The summed E-state index contributed by atoms with van der Waals surface area (Å²) in [6.07, 6.45) is 0.829. The topological polar surface area (TPSA) is 51.9 Å². The van der Waals surface area contributed by atoms with Gasteiger partial charge in [-0.1, -0.05) is 6.92 Å². The van der Waals surface area contributed by atoms with Crippen LogP contribution in [0.25, 0.3) is 0 Å². The van der Waals surface area contributed by atoms with E-state index >= 15 is 0 Å². The highest BCUT2D eigenvalue weighted by Gasteiger charge is 2.03. The Bertz CT molecular complexity index is 247. The zero-order chi connectivity index (χ0) is 6.85. The molecule has 0 saturated heterocycles. The normalized spacial score (nSPS) is 10.0. The van der Waals surface area contributed by atoms with Gasteiger partial charge in [0.25, 0.3) is 5.82 Å². The quantitative estimate of drug-likeness (QED) is 0.523. The van der Waals surface area contributed by atoms with Crippen LogP contribution in [0.15, 0.2) is 4.79 Å². The fourth-order valence-electron chi connectivity index (χ4n) is 0.662. The number of rotatable bonds is 1. The third kappa shape index (κ3) is 1.01. The number of nitrogens with zero attached hydrogens (tertiary/aromatic N) is 1. The van der Waals surface area contributed by atoms with Crippen molar-refractivity contribution in [3.63, 3.8) is 0 Å². The van der Waals surface area contributed by atoms with Gasteiger partial charge in [0.05, 0.1) is 7.05 Å². The molecule has 4 nitrogen and oxygen atoms in total. The molecule has 0 amide bonds.